The van der Waals surface area contributed by atoms with Gasteiger partial charge in [-0.1, -0.05) is 60.8 Å². The maximum atomic E-state index is 10.7. The average molecular weight is 362 g/mol. The summed E-state index contributed by atoms with van der Waals surface area (Å²) < 4.78 is 0. The molecule has 1 heterocycles. The molecule has 25 heavy (non-hydrogen) atoms. The quantitative estimate of drug-likeness (QED) is 0.645. The van der Waals surface area contributed by atoms with E-state index in [0.717, 1.165) is 25.7 Å². The van der Waals surface area contributed by atoms with Gasteiger partial charge in [-0.3, -0.25) is 14.4 Å². The number of rotatable bonds is 0. The molecule has 6 nitrogen and oxygen atoms in total. The Morgan fingerprint density at radius 3 is 1.36 bits per heavy atom. The minimum atomic E-state index is -0.479. The van der Waals surface area contributed by atoms with Gasteiger partial charge in [0.25, 0.3) is 0 Å². The Kier molecular flexibility index (Phi) is 21.8. The normalized spacial score (nSPS) is 21.2. The fourth-order valence-electron chi connectivity index (χ4n) is 2.02. The number of aliphatic hydroxyl groups is 2. The van der Waals surface area contributed by atoms with Gasteiger partial charge < -0.3 is 10.2 Å². The summed E-state index contributed by atoms with van der Waals surface area (Å²) in [5.74, 6) is -1.23. The summed E-state index contributed by atoms with van der Waals surface area (Å²) in [4.78, 5) is 32.7. The summed E-state index contributed by atoms with van der Waals surface area (Å²) in [6.07, 6.45) is 4.42. The van der Waals surface area contributed by atoms with Gasteiger partial charge in [0.2, 0.25) is 17.7 Å². The van der Waals surface area contributed by atoms with Crippen LogP contribution in [0.2, 0.25) is 0 Å². The largest absolute Gasteiger partial charge is 0.390 e. The molecule has 0 aromatic rings. The van der Waals surface area contributed by atoms with Gasteiger partial charge in [-0.15, -0.1) is 0 Å². The van der Waals surface area contributed by atoms with E-state index in [-0.39, 0.29) is 24.7 Å². The highest BCUT2D eigenvalue weighted by atomic mass is 16.3. The molecule has 150 valence electrons. The van der Waals surface area contributed by atoms with Crippen LogP contribution in [0.15, 0.2) is 0 Å². The first-order valence-corrected chi connectivity index (χ1v) is 9.57. The fraction of sp³-hybridized carbons (Fsp3) is 0.842. The lowest BCUT2D eigenvalue weighted by atomic mass is 9.95. The van der Waals surface area contributed by atoms with E-state index >= 15 is 0 Å². The van der Waals surface area contributed by atoms with Gasteiger partial charge in [-0.05, 0) is 12.8 Å². The zero-order valence-electron chi connectivity index (χ0n) is 17.2. The monoisotopic (exact) mass is 361 g/mol. The first-order valence-electron chi connectivity index (χ1n) is 9.57. The van der Waals surface area contributed by atoms with Crippen LogP contribution in [-0.4, -0.2) is 45.0 Å². The molecule has 2 unspecified atom stereocenters. The maximum absolute atomic E-state index is 10.7. The van der Waals surface area contributed by atoms with E-state index in [1.807, 2.05) is 27.7 Å². The van der Waals surface area contributed by atoms with Crippen LogP contribution in [0, 0.1) is 0 Å². The van der Waals surface area contributed by atoms with E-state index in [1.165, 1.54) is 13.3 Å². The van der Waals surface area contributed by atoms with Gasteiger partial charge in [0.15, 0.2) is 0 Å². The summed E-state index contributed by atoms with van der Waals surface area (Å²) in [6, 6.07) is 0. The molecule has 2 rings (SSSR count). The van der Waals surface area contributed by atoms with Crippen molar-refractivity contribution in [2.45, 2.75) is 106 Å². The van der Waals surface area contributed by atoms with Crippen LogP contribution in [0.25, 0.3) is 0 Å². The standard InChI is InChI=1S/C6H7NO3.C6H12O2.C3H8.2C2H6/c1-4(8)7-5(9)2-3-6(7)10;7-5-3-1-2-4-6(5)8;1-3-2;2*1-2/h2-3H2,1H3;5-8H,1-4H2;3H2,1-2H3;2*1-2H3. The Morgan fingerprint density at radius 2 is 1.20 bits per heavy atom. The highest BCUT2D eigenvalue weighted by Gasteiger charge is 2.31. The van der Waals surface area contributed by atoms with Crippen LogP contribution in [0.1, 0.15) is 93.4 Å². The van der Waals surface area contributed by atoms with Gasteiger partial charge in [0.05, 0.1) is 12.2 Å². The SMILES string of the molecule is CC.CC.CC(=O)N1C(=O)CCC1=O.CCC.OC1CCCCC1O. The van der Waals surface area contributed by atoms with E-state index in [4.69, 9.17) is 10.2 Å². The van der Waals surface area contributed by atoms with Crippen LogP contribution in [0.5, 0.6) is 0 Å². The van der Waals surface area contributed by atoms with Crippen LogP contribution < -0.4 is 0 Å². The third-order valence-electron chi connectivity index (χ3n) is 3.06. The molecule has 1 aliphatic heterocycles. The number of nitrogens with zero attached hydrogens (tertiary/aromatic N) is 1. The van der Waals surface area contributed by atoms with Crippen molar-refractivity contribution in [3.05, 3.63) is 0 Å². The number of aliphatic hydroxyl groups excluding tert-OH is 2. The molecule has 0 bridgehead atoms. The van der Waals surface area contributed by atoms with E-state index in [0.29, 0.717) is 4.90 Å². The summed E-state index contributed by atoms with van der Waals surface area (Å²) in [5.41, 5.74) is 0. The van der Waals surface area contributed by atoms with Crippen LogP contribution in [0.4, 0.5) is 0 Å². The van der Waals surface area contributed by atoms with E-state index in [1.54, 1.807) is 0 Å². The molecule has 0 radical (unpaired) electrons. The third kappa shape index (κ3) is 13.7. The molecule has 2 N–H and O–H groups in total. The summed E-state index contributed by atoms with van der Waals surface area (Å²) >= 11 is 0. The summed E-state index contributed by atoms with van der Waals surface area (Å²) in [7, 11) is 0. The predicted octanol–water partition coefficient (Wildman–Crippen LogP) is 3.43. The molecule has 6 heteroatoms. The molecular weight excluding hydrogens is 322 g/mol. The Morgan fingerprint density at radius 1 is 0.920 bits per heavy atom. The molecule has 3 amide bonds. The van der Waals surface area contributed by atoms with Gasteiger partial charge in [0.1, 0.15) is 0 Å². The van der Waals surface area contributed by atoms with Crippen LogP contribution in [0.3, 0.4) is 0 Å². The molecular formula is C19H39NO5. The van der Waals surface area contributed by atoms with Crippen molar-refractivity contribution in [1.82, 2.24) is 4.90 Å². The van der Waals surface area contributed by atoms with E-state index in [2.05, 4.69) is 13.8 Å². The second-order valence-corrected chi connectivity index (χ2v) is 5.27. The van der Waals surface area contributed by atoms with Gasteiger partial charge in [-0.25, -0.2) is 4.90 Å². The highest BCUT2D eigenvalue weighted by molar-refractivity contribution is 6.14. The smallest absolute Gasteiger partial charge is 0.236 e. The number of hydrogen-bond acceptors (Lipinski definition) is 5. The van der Waals surface area contributed by atoms with Crippen LogP contribution >= 0.6 is 0 Å². The number of imide groups is 3. The van der Waals surface area contributed by atoms with Crippen molar-refractivity contribution < 1.29 is 24.6 Å². The Balaban J connectivity index is -0.000000289. The van der Waals surface area contributed by atoms with Crippen molar-refractivity contribution in [2.24, 2.45) is 0 Å². The molecule has 1 aliphatic carbocycles. The third-order valence-corrected chi connectivity index (χ3v) is 3.06. The van der Waals surface area contributed by atoms with Crippen molar-refractivity contribution >= 4 is 17.7 Å². The van der Waals surface area contributed by atoms with Crippen LogP contribution in [-0.2, 0) is 14.4 Å². The number of carbonyl (C=O) groups excluding carboxylic acids is 3. The molecule has 0 spiro atoms. The second kappa shape index (κ2) is 19.1. The summed E-state index contributed by atoms with van der Waals surface area (Å²) in [5, 5.41) is 17.9. The highest BCUT2D eigenvalue weighted by Crippen LogP contribution is 2.17. The van der Waals surface area contributed by atoms with E-state index in [9.17, 15) is 14.4 Å². The Hall–Kier alpha value is -1.27. The van der Waals surface area contributed by atoms with Crippen molar-refractivity contribution in [2.75, 3.05) is 0 Å². The van der Waals surface area contributed by atoms with Crippen molar-refractivity contribution in [1.29, 1.82) is 0 Å². The Bertz CT molecular complexity index is 332. The molecule has 2 fully saturated rings. The molecule has 0 aromatic carbocycles. The van der Waals surface area contributed by atoms with E-state index < -0.39 is 18.1 Å². The maximum Gasteiger partial charge on any atom is 0.236 e. The Labute approximate surface area is 153 Å². The second-order valence-electron chi connectivity index (χ2n) is 5.27. The molecule has 1 saturated carbocycles. The van der Waals surface area contributed by atoms with Gasteiger partial charge in [0, 0.05) is 19.8 Å². The first kappa shape index (κ1) is 28.5. The average Bonchev–Trinajstić information content (AvgIpc) is 2.94. The lowest BCUT2D eigenvalue weighted by molar-refractivity contribution is -0.148. The van der Waals surface area contributed by atoms with Gasteiger partial charge in [-0.2, -0.15) is 0 Å². The zero-order chi connectivity index (χ0) is 20.4. The lowest BCUT2D eigenvalue weighted by Gasteiger charge is -2.22. The van der Waals surface area contributed by atoms with Gasteiger partial charge >= 0.3 is 0 Å². The van der Waals surface area contributed by atoms with Crippen molar-refractivity contribution in [3.8, 4) is 0 Å². The topological polar surface area (TPSA) is 94.9 Å². The number of likely N-dealkylation sites (tertiary alicyclic amines) is 1. The number of carbonyl (C=O) groups is 3. The minimum Gasteiger partial charge on any atom is -0.390 e. The first-order chi connectivity index (χ1) is 11.8. The zero-order valence-corrected chi connectivity index (χ0v) is 17.2. The minimum absolute atomic E-state index is 0.179. The lowest BCUT2D eigenvalue weighted by Crippen LogP contribution is -2.33. The predicted molar refractivity (Wildman–Crippen MR) is 101 cm³/mol. The van der Waals surface area contributed by atoms with Crippen molar-refractivity contribution in [3.63, 3.8) is 0 Å². The fourth-order valence-corrected chi connectivity index (χ4v) is 2.02. The molecule has 2 atom stereocenters. The molecule has 1 saturated heterocycles. The number of hydrogen-bond donors (Lipinski definition) is 2. The number of amides is 3. The summed E-state index contributed by atoms with van der Waals surface area (Å²) in [6.45, 7) is 13.5. The molecule has 0 aromatic heterocycles. The molecule has 2 aliphatic rings.